The van der Waals surface area contributed by atoms with Crippen LogP contribution in [0, 0.1) is 5.82 Å². The second-order valence-electron chi connectivity index (χ2n) is 2.77. The van der Waals surface area contributed by atoms with Crippen LogP contribution in [-0.2, 0) is 0 Å². The maximum absolute atomic E-state index is 12.1. The molecule has 0 saturated heterocycles. The van der Waals surface area contributed by atoms with Crippen molar-refractivity contribution in [2.75, 3.05) is 5.73 Å². The lowest BCUT2D eigenvalue weighted by Crippen LogP contribution is -1.83. The van der Waals surface area contributed by atoms with Gasteiger partial charge in [-0.15, -0.1) is 0 Å². The van der Waals surface area contributed by atoms with Gasteiger partial charge >= 0.3 is 0 Å². The lowest BCUT2D eigenvalue weighted by atomic mass is 10.3. The smallest absolute Gasteiger partial charge is 0.180 e. The highest BCUT2D eigenvalue weighted by Gasteiger charge is 1.92. The van der Waals surface area contributed by atoms with Gasteiger partial charge in [0.2, 0.25) is 0 Å². The van der Waals surface area contributed by atoms with Gasteiger partial charge in [0.25, 0.3) is 0 Å². The average Bonchev–Trinajstić information content (AvgIpc) is 2.76. The molecular weight excluding hydrogens is 257 g/mol. The van der Waals surface area contributed by atoms with Gasteiger partial charge in [-0.1, -0.05) is 18.8 Å². The Morgan fingerprint density at radius 3 is 2.28 bits per heavy atom. The Bertz CT molecular complexity index is 516. The van der Waals surface area contributed by atoms with Crippen LogP contribution < -0.4 is 5.73 Å². The minimum Gasteiger partial charge on any atom is -0.375 e. The first-order valence-electron chi connectivity index (χ1n) is 4.38. The molecule has 0 spiro atoms. The number of pyridine rings is 1. The van der Waals surface area contributed by atoms with Gasteiger partial charge in [-0.05, 0) is 6.07 Å². The number of hydrogen-bond acceptors (Lipinski definition) is 6. The van der Waals surface area contributed by atoms with E-state index in [2.05, 4.69) is 9.97 Å². The van der Waals surface area contributed by atoms with Crippen molar-refractivity contribution in [2.24, 2.45) is 0 Å². The van der Waals surface area contributed by atoms with Crippen molar-refractivity contribution < 1.29 is 14.0 Å². The molecule has 0 aliphatic rings. The number of carbonyl (C=O) groups excluding carboxylic acids is 2. The summed E-state index contributed by atoms with van der Waals surface area (Å²) in [5, 5.41) is 0.437. The van der Waals surface area contributed by atoms with Crippen LogP contribution in [0.3, 0.4) is 0 Å². The number of carbonyl (C=O) groups is 2. The molecule has 0 bridgehead atoms. The van der Waals surface area contributed by atoms with Crippen molar-refractivity contribution in [3.8, 4) is 0 Å². The number of anilines is 1. The van der Waals surface area contributed by atoms with Gasteiger partial charge in [0.1, 0.15) is 5.82 Å². The molecule has 96 valence electrons. The number of aldehydes is 2. The predicted molar refractivity (Wildman–Crippen MR) is 68.2 cm³/mol. The molecule has 2 rings (SSSR count). The van der Waals surface area contributed by atoms with E-state index < -0.39 is 5.82 Å². The molecule has 0 aliphatic heterocycles. The quantitative estimate of drug-likeness (QED) is 0.845. The summed E-state index contributed by atoms with van der Waals surface area (Å²) in [4.78, 5) is 27.6. The van der Waals surface area contributed by atoms with E-state index in [0.717, 1.165) is 18.5 Å². The fourth-order valence-corrected chi connectivity index (χ4v) is 1.35. The van der Waals surface area contributed by atoms with Crippen molar-refractivity contribution in [1.82, 2.24) is 9.97 Å². The molecule has 0 aromatic carbocycles. The van der Waals surface area contributed by atoms with Crippen molar-refractivity contribution in [1.29, 1.82) is 0 Å². The number of halogens is 1. The highest BCUT2D eigenvalue weighted by molar-refractivity contribution is 7.16. The molecule has 0 amide bonds. The lowest BCUT2D eigenvalue weighted by Gasteiger charge is -1.86. The molecular formula is C11H12FN3O2S. The Labute approximate surface area is 108 Å². The van der Waals surface area contributed by atoms with Crippen LogP contribution in [0.2, 0.25) is 0 Å². The zero-order chi connectivity index (χ0) is 12.7. The van der Waals surface area contributed by atoms with Gasteiger partial charge < -0.3 is 5.73 Å². The van der Waals surface area contributed by atoms with E-state index in [1.807, 2.05) is 0 Å². The van der Waals surface area contributed by atoms with Crippen molar-refractivity contribution in [2.45, 2.75) is 7.43 Å². The van der Waals surface area contributed by atoms with Gasteiger partial charge in [0, 0.05) is 11.8 Å². The Morgan fingerprint density at radius 2 is 1.94 bits per heavy atom. The first-order chi connectivity index (χ1) is 8.15. The molecule has 2 heterocycles. The number of nitrogens with zero attached hydrogens (tertiary/aromatic N) is 2. The molecule has 0 aliphatic carbocycles. The van der Waals surface area contributed by atoms with Crippen LogP contribution in [0.4, 0.5) is 9.52 Å². The fourth-order valence-electron chi connectivity index (χ4n) is 0.848. The Balaban J connectivity index is 0.000000306. The maximum Gasteiger partial charge on any atom is 0.180 e. The Kier molecular flexibility index (Phi) is 7.06. The Hall–Kier alpha value is -2.15. The topological polar surface area (TPSA) is 85.9 Å². The van der Waals surface area contributed by atoms with Gasteiger partial charge in [0.15, 0.2) is 17.7 Å². The second kappa shape index (κ2) is 8.02. The Morgan fingerprint density at radius 1 is 1.22 bits per heavy atom. The number of rotatable bonds is 2. The first-order valence-corrected chi connectivity index (χ1v) is 5.19. The van der Waals surface area contributed by atoms with E-state index >= 15 is 0 Å². The molecule has 0 saturated carbocycles. The first kappa shape index (κ1) is 15.9. The summed E-state index contributed by atoms with van der Waals surface area (Å²) in [7, 11) is 0. The highest BCUT2D eigenvalue weighted by atomic mass is 32.1. The molecule has 2 aromatic heterocycles. The molecule has 7 heteroatoms. The molecule has 0 unspecified atom stereocenters. The van der Waals surface area contributed by atoms with Gasteiger partial charge in [0.05, 0.1) is 17.3 Å². The maximum atomic E-state index is 12.1. The van der Waals surface area contributed by atoms with Crippen LogP contribution in [0.25, 0.3) is 0 Å². The lowest BCUT2D eigenvalue weighted by molar-refractivity contribution is 0.111. The van der Waals surface area contributed by atoms with Crippen LogP contribution in [-0.4, -0.2) is 22.5 Å². The minimum atomic E-state index is -0.486. The molecule has 0 radical (unpaired) electrons. The summed E-state index contributed by atoms with van der Waals surface area (Å²) < 4.78 is 12.1. The van der Waals surface area contributed by atoms with E-state index in [1.54, 1.807) is 0 Å². The number of nitrogens with two attached hydrogens (primary N) is 1. The van der Waals surface area contributed by atoms with E-state index in [0.29, 0.717) is 16.3 Å². The van der Waals surface area contributed by atoms with Crippen LogP contribution in [0.1, 0.15) is 27.5 Å². The minimum absolute atomic E-state index is 0. The van der Waals surface area contributed by atoms with E-state index in [-0.39, 0.29) is 13.0 Å². The number of hydrogen-bond donors (Lipinski definition) is 1. The largest absolute Gasteiger partial charge is 0.375 e. The van der Waals surface area contributed by atoms with Crippen LogP contribution in [0.15, 0.2) is 24.7 Å². The molecule has 2 aromatic rings. The summed E-state index contributed by atoms with van der Waals surface area (Å²) in [5.41, 5.74) is 5.46. The average molecular weight is 269 g/mol. The molecule has 18 heavy (non-hydrogen) atoms. The fraction of sp³-hybridized carbons (Fsp3) is 0.0909. The molecule has 2 N–H and O–H groups in total. The number of aromatic nitrogens is 2. The summed E-state index contributed by atoms with van der Waals surface area (Å²) >= 11 is 1.19. The van der Waals surface area contributed by atoms with Gasteiger partial charge in [-0.25, -0.2) is 9.37 Å². The molecule has 5 nitrogen and oxygen atoms in total. The number of thiazole rings is 1. The van der Waals surface area contributed by atoms with E-state index in [4.69, 9.17) is 5.73 Å². The second-order valence-corrected chi connectivity index (χ2v) is 3.87. The zero-order valence-corrected chi connectivity index (χ0v) is 9.36. The standard InChI is InChI=1S/C6H4FNO.C4H4N2OS.CH4/c7-6-1-5(4-9)2-8-3-6;5-4-6-1-3(2-7)8-4;/h1-4H;1-2H,(H2,5,6);1H4. The molecule has 0 atom stereocenters. The summed E-state index contributed by atoms with van der Waals surface area (Å²) in [6, 6.07) is 1.12. The van der Waals surface area contributed by atoms with Crippen LogP contribution >= 0.6 is 11.3 Å². The predicted octanol–water partition coefficient (Wildman–Crippen LogP) is 2.21. The van der Waals surface area contributed by atoms with Crippen LogP contribution in [0.5, 0.6) is 0 Å². The normalized spacial score (nSPS) is 8.50. The van der Waals surface area contributed by atoms with E-state index in [1.165, 1.54) is 23.7 Å². The third-order valence-electron chi connectivity index (χ3n) is 1.52. The summed E-state index contributed by atoms with van der Waals surface area (Å²) in [5.74, 6) is -0.486. The SMILES string of the molecule is C.Nc1ncc(C=O)s1.O=Cc1cncc(F)c1. The molecule has 0 fully saturated rings. The van der Waals surface area contributed by atoms with Crippen molar-refractivity contribution in [3.05, 3.63) is 40.9 Å². The number of nitrogen functional groups attached to an aromatic ring is 1. The summed E-state index contributed by atoms with van der Waals surface area (Å²) in [6.07, 6.45) is 5.08. The highest BCUT2D eigenvalue weighted by Crippen LogP contribution is 2.10. The zero-order valence-electron chi connectivity index (χ0n) is 8.54. The van der Waals surface area contributed by atoms with Gasteiger partial charge in [-0.3, -0.25) is 14.6 Å². The third kappa shape index (κ3) is 5.26. The van der Waals surface area contributed by atoms with Gasteiger partial charge in [-0.2, -0.15) is 0 Å². The van der Waals surface area contributed by atoms with Crippen molar-refractivity contribution in [3.63, 3.8) is 0 Å². The third-order valence-corrected chi connectivity index (χ3v) is 2.27. The van der Waals surface area contributed by atoms with Crippen molar-refractivity contribution >= 4 is 29.0 Å². The summed E-state index contributed by atoms with van der Waals surface area (Å²) in [6.45, 7) is 0. The van der Waals surface area contributed by atoms with E-state index in [9.17, 15) is 14.0 Å². The monoisotopic (exact) mass is 269 g/mol.